The van der Waals surface area contributed by atoms with Crippen LogP contribution >= 0.6 is 23.2 Å². The molecule has 1 aromatic heterocycles. The standard InChI is InChI=1S/C24H26Cl2N4O2/c1-29-9-11-30(12-10-29)24(31)17-7-5-16(6-8-17)18-13-22(23(27)28-14-18)32-15-19-20(25)3-2-4-21(19)26/h2-8,13-14,24,31H,9-12,15H2,1H3,(H2,27,28). The summed E-state index contributed by atoms with van der Waals surface area (Å²) in [7, 11) is 2.10. The molecule has 3 aromatic rings. The summed E-state index contributed by atoms with van der Waals surface area (Å²) in [6.07, 6.45) is 1.10. The van der Waals surface area contributed by atoms with Crippen LogP contribution in [0.15, 0.2) is 54.7 Å². The highest BCUT2D eigenvalue weighted by Gasteiger charge is 2.21. The number of nitrogen functional groups attached to an aromatic ring is 1. The van der Waals surface area contributed by atoms with Gasteiger partial charge >= 0.3 is 0 Å². The Morgan fingerprint density at radius 3 is 2.34 bits per heavy atom. The van der Waals surface area contributed by atoms with Crippen LogP contribution in [0.1, 0.15) is 17.4 Å². The molecule has 32 heavy (non-hydrogen) atoms. The fraction of sp³-hybridized carbons (Fsp3) is 0.292. The summed E-state index contributed by atoms with van der Waals surface area (Å²) in [6.45, 7) is 3.78. The Bertz CT molecular complexity index is 1050. The average molecular weight is 473 g/mol. The molecule has 6 nitrogen and oxygen atoms in total. The Kier molecular flexibility index (Phi) is 7.18. The van der Waals surface area contributed by atoms with Crippen molar-refractivity contribution in [3.63, 3.8) is 0 Å². The van der Waals surface area contributed by atoms with E-state index in [1.54, 1.807) is 24.4 Å². The minimum atomic E-state index is -0.610. The zero-order chi connectivity index (χ0) is 22.7. The van der Waals surface area contributed by atoms with E-state index in [9.17, 15) is 5.11 Å². The van der Waals surface area contributed by atoms with E-state index in [1.807, 2.05) is 30.3 Å². The maximum atomic E-state index is 10.7. The van der Waals surface area contributed by atoms with Crippen molar-refractivity contribution in [2.75, 3.05) is 39.0 Å². The lowest BCUT2D eigenvalue weighted by Crippen LogP contribution is -2.45. The summed E-state index contributed by atoms with van der Waals surface area (Å²) in [5.74, 6) is 0.749. The van der Waals surface area contributed by atoms with Crippen LogP contribution in [0, 0.1) is 0 Å². The Labute approximate surface area is 198 Å². The first-order chi connectivity index (χ1) is 15.4. The number of likely N-dealkylation sites (N-methyl/N-ethyl adjacent to an activating group) is 1. The number of nitrogens with zero attached hydrogens (tertiary/aromatic N) is 3. The van der Waals surface area contributed by atoms with Crippen LogP contribution in [-0.4, -0.2) is 53.1 Å². The number of anilines is 1. The molecule has 1 saturated heterocycles. The van der Waals surface area contributed by atoms with Gasteiger partial charge in [-0.25, -0.2) is 4.98 Å². The van der Waals surface area contributed by atoms with Gasteiger partial charge in [0.05, 0.1) is 0 Å². The quantitative estimate of drug-likeness (QED) is 0.551. The monoisotopic (exact) mass is 472 g/mol. The van der Waals surface area contributed by atoms with E-state index in [0.717, 1.165) is 42.9 Å². The van der Waals surface area contributed by atoms with E-state index in [4.69, 9.17) is 33.7 Å². The summed E-state index contributed by atoms with van der Waals surface area (Å²) in [6, 6.07) is 15.0. The van der Waals surface area contributed by atoms with Crippen molar-refractivity contribution in [1.82, 2.24) is 14.8 Å². The minimum Gasteiger partial charge on any atom is -0.485 e. The number of rotatable bonds is 6. The summed E-state index contributed by atoms with van der Waals surface area (Å²) in [4.78, 5) is 8.63. The van der Waals surface area contributed by atoms with Gasteiger partial charge in [0.25, 0.3) is 0 Å². The number of hydrogen-bond acceptors (Lipinski definition) is 6. The molecule has 1 unspecified atom stereocenters. The van der Waals surface area contributed by atoms with Gasteiger partial charge in [-0.15, -0.1) is 0 Å². The van der Waals surface area contributed by atoms with Crippen molar-refractivity contribution in [3.05, 3.63) is 75.9 Å². The largest absolute Gasteiger partial charge is 0.485 e. The molecule has 0 bridgehead atoms. The molecular weight excluding hydrogens is 447 g/mol. The molecule has 168 valence electrons. The third-order valence-electron chi connectivity index (χ3n) is 5.74. The van der Waals surface area contributed by atoms with Crippen LogP contribution in [0.3, 0.4) is 0 Å². The number of ether oxygens (including phenoxy) is 1. The zero-order valence-electron chi connectivity index (χ0n) is 17.8. The highest BCUT2D eigenvalue weighted by molar-refractivity contribution is 6.35. The lowest BCUT2D eigenvalue weighted by Gasteiger charge is -2.35. The third kappa shape index (κ3) is 5.17. The van der Waals surface area contributed by atoms with Gasteiger partial charge in [-0.2, -0.15) is 0 Å². The number of nitrogens with two attached hydrogens (primary N) is 1. The molecule has 0 spiro atoms. The summed E-state index contributed by atoms with van der Waals surface area (Å²) in [5, 5.41) is 11.8. The zero-order valence-corrected chi connectivity index (χ0v) is 19.4. The molecule has 0 radical (unpaired) electrons. The maximum absolute atomic E-state index is 10.7. The van der Waals surface area contributed by atoms with Crippen molar-refractivity contribution in [2.45, 2.75) is 12.8 Å². The van der Waals surface area contributed by atoms with E-state index >= 15 is 0 Å². The second-order valence-electron chi connectivity index (χ2n) is 7.93. The highest BCUT2D eigenvalue weighted by atomic mass is 35.5. The predicted molar refractivity (Wildman–Crippen MR) is 129 cm³/mol. The Morgan fingerprint density at radius 2 is 1.69 bits per heavy atom. The number of aliphatic hydroxyl groups is 1. The number of hydrogen-bond donors (Lipinski definition) is 2. The molecule has 1 aliphatic heterocycles. The van der Waals surface area contributed by atoms with Crippen LogP contribution in [0.25, 0.3) is 11.1 Å². The van der Waals surface area contributed by atoms with E-state index in [1.165, 1.54) is 0 Å². The van der Waals surface area contributed by atoms with Crippen molar-refractivity contribution < 1.29 is 9.84 Å². The molecule has 0 aliphatic carbocycles. The van der Waals surface area contributed by atoms with Crippen molar-refractivity contribution in [2.24, 2.45) is 0 Å². The molecule has 1 aliphatic rings. The van der Waals surface area contributed by atoms with E-state index < -0.39 is 6.23 Å². The van der Waals surface area contributed by atoms with Gasteiger partial charge in [0.2, 0.25) is 0 Å². The van der Waals surface area contributed by atoms with Gasteiger partial charge in [0.15, 0.2) is 11.6 Å². The molecule has 0 amide bonds. The lowest BCUT2D eigenvalue weighted by atomic mass is 10.0. The Hall–Kier alpha value is -2.35. The highest BCUT2D eigenvalue weighted by Crippen LogP contribution is 2.31. The van der Waals surface area contributed by atoms with Crippen molar-refractivity contribution in [1.29, 1.82) is 0 Å². The first-order valence-electron chi connectivity index (χ1n) is 10.4. The Morgan fingerprint density at radius 1 is 1.03 bits per heavy atom. The third-order valence-corrected chi connectivity index (χ3v) is 6.45. The number of piperazine rings is 1. The average Bonchev–Trinajstić information content (AvgIpc) is 2.80. The molecular formula is C24H26Cl2N4O2. The lowest BCUT2D eigenvalue weighted by molar-refractivity contribution is -0.0232. The SMILES string of the molecule is CN1CCN(C(O)c2ccc(-c3cnc(N)c(OCc4c(Cl)cccc4Cl)c3)cc2)CC1. The molecule has 2 aromatic carbocycles. The van der Waals surface area contributed by atoms with Crippen LogP contribution in [0.5, 0.6) is 5.75 Å². The van der Waals surface area contributed by atoms with Crippen molar-refractivity contribution >= 4 is 29.0 Å². The normalized spacial score (nSPS) is 16.1. The topological polar surface area (TPSA) is 74.9 Å². The summed E-state index contributed by atoms with van der Waals surface area (Å²) >= 11 is 12.5. The maximum Gasteiger partial charge on any atom is 0.166 e. The smallest absolute Gasteiger partial charge is 0.166 e. The number of benzene rings is 2. The minimum absolute atomic E-state index is 0.185. The van der Waals surface area contributed by atoms with Gasteiger partial charge in [-0.3, -0.25) is 4.90 Å². The van der Waals surface area contributed by atoms with E-state index in [2.05, 4.69) is 21.8 Å². The second kappa shape index (κ2) is 10.1. The molecule has 0 saturated carbocycles. The van der Waals surface area contributed by atoms with Crippen molar-refractivity contribution in [3.8, 4) is 16.9 Å². The van der Waals surface area contributed by atoms with Crippen LogP contribution in [0.4, 0.5) is 5.82 Å². The van der Waals surface area contributed by atoms with Crippen LogP contribution < -0.4 is 10.5 Å². The number of pyridine rings is 1. The number of aliphatic hydroxyl groups excluding tert-OH is 1. The molecule has 4 rings (SSSR count). The second-order valence-corrected chi connectivity index (χ2v) is 8.75. The summed E-state index contributed by atoms with van der Waals surface area (Å²) in [5.41, 5.74) is 9.40. The van der Waals surface area contributed by atoms with Gasteiger partial charge in [0.1, 0.15) is 12.8 Å². The van der Waals surface area contributed by atoms with E-state index in [0.29, 0.717) is 27.2 Å². The summed E-state index contributed by atoms with van der Waals surface area (Å²) < 4.78 is 5.89. The van der Waals surface area contributed by atoms with Gasteiger partial charge in [-0.05, 0) is 36.4 Å². The predicted octanol–water partition coefficient (Wildman–Crippen LogP) is 4.45. The fourth-order valence-electron chi connectivity index (χ4n) is 3.67. The number of halogens is 2. The van der Waals surface area contributed by atoms with Crippen LogP contribution in [0.2, 0.25) is 10.0 Å². The molecule has 8 heteroatoms. The molecule has 1 fully saturated rings. The first kappa shape index (κ1) is 22.8. The molecule has 2 heterocycles. The fourth-order valence-corrected chi connectivity index (χ4v) is 4.18. The van der Waals surface area contributed by atoms with E-state index in [-0.39, 0.29) is 6.61 Å². The van der Waals surface area contributed by atoms with Gasteiger partial charge in [-0.1, -0.05) is 53.5 Å². The first-order valence-corrected chi connectivity index (χ1v) is 11.2. The Balaban J connectivity index is 1.48. The number of aromatic nitrogens is 1. The molecule has 3 N–H and O–H groups in total. The molecule has 1 atom stereocenters. The van der Waals surface area contributed by atoms with Gasteiger partial charge < -0.3 is 20.5 Å². The van der Waals surface area contributed by atoms with Gasteiger partial charge in [0, 0.05) is 53.5 Å². The van der Waals surface area contributed by atoms with Crippen LogP contribution in [-0.2, 0) is 6.61 Å².